The Morgan fingerprint density at radius 1 is 1.41 bits per heavy atom. The molecule has 0 bridgehead atoms. The van der Waals surface area contributed by atoms with Crippen LogP contribution in [0.25, 0.3) is 0 Å². The first kappa shape index (κ1) is 14.5. The van der Waals surface area contributed by atoms with Crippen molar-refractivity contribution in [2.45, 2.75) is 40.0 Å². The summed E-state index contributed by atoms with van der Waals surface area (Å²) < 4.78 is 0. The Kier molecular flexibility index (Phi) is 5.96. The number of hydrogen-bond acceptors (Lipinski definition) is 2. The number of amides is 1. The van der Waals surface area contributed by atoms with Crippen LogP contribution in [-0.4, -0.2) is 37.5 Å². The molecule has 1 N–H and O–H groups in total. The van der Waals surface area contributed by atoms with Crippen LogP contribution in [-0.2, 0) is 4.79 Å². The van der Waals surface area contributed by atoms with Gasteiger partial charge >= 0.3 is 0 Å². The lowest BCUT2D eigenvalue weighted by Crippen LogP contribution is -2.44. The topological polar surface area (TPSA) is 32.3 Å². The van der Waals surface area contributed by atoms with E-state index in [1.165, 1.54) is 19.3 Å². The summed E-state index contributed by atoms with van der Waals surface area (Å²) in [5, 5.41) is 3.08. The maximum atomic E-state index is 12.2. The molecule has 1 rings (SSSR count). The Morgan fingerprint density at radius 3 is 2.71 bits per heavy atom. The van der Waals surface area contributed by atoms with Crippen molar-refractivity contribution in [3.8, 4) is 0 Å². The van der Waals surface area contributed by atoms with Gasteiger partial charge in [-0.05, 0) is 38.1 Å². The molecular weight excluding hydrogens is 212 g/mol. The quantitative estimate of drug-likeness (QED) is 0.798. The zero-order chi connectivity index (χ0) is 12.8. The smallest absolute Gasteiger partial charge is 0.226 e. The molecule has 1 saturated heterocycles. The summed E-state index contributed by atoms with van der Waals surface area (Å²) in [5.41, 5.74) is 0. The molecule has 0 radical (unpaired) electrons. The molecule has 0 spiro atoms. The second-order valence-corrected chi connectivity index (χ2v) is 5.88. The minimum atomic E-state index is 0.109. The summed E-state index contributed by atoms with van der Waals surface area (Å²) >= 11 is 0. The first-order valence-electron chi connectivity index (χ1n) is 6.98. The van der Waals surface area contributed by atoms with Gasteiger partial charge in [0.15, 0.2) is 0 Å². The highest BCUT2D eigenvalue weighted by Gasteiger charge is 2.26. The number of nitrogens with one attached hydrogen (secondary N) is 1. The molecule has 0 saturated carbocycles. The molecule has 17 heavy (non-hydrogen) atoms. The normalized spacial score (nSPS) is 22.9. The van der Waals surface area contributed by atoms with Gasteiger partial charge < -0.3 is 10.2 Å². The van der Waals surface area contributed by atoms with E-state index in [0.29, 0.717) is 5.91 Å². The Labute approximate surface area is 106 Å². The molecule has 0 aliphatic carbocycles. The van der Waals surface area contributed by atoms with Crippen molar-refractivity contribution in [1.82, 2.24) is 10.2 Å². The van der Waals surface area contributed by atoms with Gasteiger partial charge in [-0.1, -0.05) is 20.8 Å². The molecular formula is C14H28N2O. The number of nitrogens with zero attached hydrogens (tertiary/aromatic N) is 1. The van der Waals surface area contributed by atoms with Gasteiger partial charge in [-0.3, -0.25) is 4.79 Å². The van der Waals surface area contributed by atoms with Gasteiger partial charge in [-0.2, -0.15) is 0 Å². The van der Waals surface area contributed by atoms with E-state index >= 15 is 0 Å². The molecule has 0 aromatic carbocycles. The van der Waals surface area contributed by atoms with Crippen LogP contribution in [0, 0.1) is 17.8 Å². The first-order chi connectivity index (χ1) is 8.04. The van der Waals surface area contributed by atoms with Gasteiger partial charge in [-0.25, -0.2) is 0 Å². The molecule has 1 aliphatic rings. The lowest BCUT2D eigenvalue weighted by Gasteiger charge is -2.35. The Balaban J connectivity index is 2.45. The Bertz CT molecular complexity index is 240. The van der Waals surface area contributed by atoms with Crippen molar-refractivity contribution in [3.05, 3.63) is 0 Å². The highest BCUT2D eigenvalue weighted by atomic mass is 16.2. The van der Waals surface area contributed by atoms with Crippen LogP contribution in [0.1, 0.15) is 40.0 Å². The van der Waals surface area contributed by atoms with E-state index in [0.717, 1.165) is 31.5 Å². The summed E-state index contributed by atoms with van der Waals surface area (Å²) in [6.07, 6.45) is 3.72. The molecule has 1 heterocycles. The van der Waals surface area contributed by atoms with E-state index < -0.39 is 0 Å². The fraction of sp³-hybridized carbons (Fsp3) is 0.929. The molecule has 100 valence electrons. The van der Waals surface area contributed by atoms with E-state index in [1.54, 1.807) is 0 Å². The number of piperidine rings is 1. The predicted octanol–water partition coefficient (Wildman–Crippen LogP) is 2.13. The molecule has 1 fully saturated rings. The van der Waals surface area contributed by atoms with Crippen molar-refractivity contribution < 1.29 is 4.79 Å². The van der Waals surface area contributed by atoms with E-state index in [9.17, 15) is 4.79 Å². The van der Waals surface area contributed by atoms with E-state index in [-0.39, 0.29) is 5.92 Å². The van der Waals surface area contributed by atoms with Crippen LogP contribution in [0.4, 0.5) is 0 Å². The van der Waals surface area contributed by atoms with E-state index in [1.807, 2.05) is 14.0 Å². The molecule has 0 aromatic heterocycles. The highest BCUT2D eigenvalue weighted by molar-refractivity contribution is 5.78. The van der Waals surface area contributed by atoms with Gasteiger partial charge in [0.2, 0.25) is 5.91 Å². The summed E-state index contributed by atoms with van der Waals surface area (Å²) in [5.74, 6) is 1.89. The third kappa shape index (κ3) is 4.66. The number of likely N-dealkylation sites (tertiary alicyclic amines) is 1. The van der Waals surface area contributed by atoms with Gasteiger partial charge in [0, 0.05) is 25.6 Å². The maximum Gasteiger partial charge on any atom is 0.226 e. The van der Waals surface area contributed by atoms with Crippen molar-refractivity contribution in [2.24, 2.45) is 17.8 Å². The van der Waals surface area contributed by atoms with Gasteiger partial charge in [-0.15, -0.1) is 0 Å². The third-order valence-electron chi connectivity index (χ3n) is 3.57. The lowest BCUT2D eigenvalue weighted by molar-refractivity contribution is -0.136. The number of rotatable bonds is 5. The third-order valence-corrected chi connectivity index (χ3v) is 3.57. The van der Waals surface area contributed by atoms with E-state index in [2.05, 4.69) is 24.1 Å². The summed E-state index contributed by atoms with van der Waals surface area (Å²) in [6.45, 7) is 9.27. The zero-order valence-corrected chi connectivity index (χ0v) is 11.8. The van der Waals surface area contributed by atoms with Crippen LogP contribution in [0.2, 0.25) is 0 Å². The predicted molar refractivity (Wildman–Crippen MR) is 71.8 cm³/mol. The van der Waals surface area contributed by atoms with Gasteiger partial charge in [0.1, 0.15) is 0 Å². The second-order valence-electron chi connectivity index (χ2n) is 5.88. The van der Waals surface area contributed by atoms with Crippen LogP contribution < -0.4 is 5.32 Å². The molecule has 1 amide bonds. The summed E-state index contributed by atoms with van der Waals surface area (Å²) in [6, 6.07) is 0. The number of carbonyl (C=O) groups excluding carboxylic acids is 1. The molecule has 3 heteroatoms. The minimum Gasteiger partial charge on any atom is -0.342 e. The minimum absolute atomic E-state index is 0.109. The van der Waals surface area contributed by atoms with Crippen molar-refractivity contribution in [3.63, 3.8) is 0 Å². The zero-order valence-electron chi connectivity index (χ0n) is 11.8. The fourth-order valence-electron chi connectivity index (χ4n) is 2.83. The molecule has 2 unspecified atom stereocenters. The van der Waals surface area contributed by atoms with Gasteiger partial charge in [0.05, 0.1) is 0 Å². The Morgan fingerprint density at radius 2 is 2.12 bits per heavy atom. The largest absolute Gasteiger partial charge is 0.342 e. The molecule has 0 aromatic rings. The first-order valence-corrected chi connectivity index (χ1v) is 6.98. The summed E-state index contributed by atoms with van der Waals surface area (Å²) in [7, 11) is 1.90. The van der Waals surface area contributed by atoms with Gasteiger partial charge in [0.25, 0.3) is 0 Å². The van der Waals surface area contributed by atoms with Crippen LogP contribution in [0.3, 0.4) is 0 Å². The molecule has 2 atom stereocenters. The number of carbonyl (C=O) groups is 1. The second kappa shape index (κ2) is 7.00. The van der Waals surface area contributed by atoms with Crippen LogP contribution >= 0.6 is 0 Å². The van der Waals surface area contributed by atoms with Crippen LogP contribution in [0.5, 0.6) is 0 Å². The highest BCUT2D eigenvalue weighted by Crippen LogP contribution is 2.24. The maximum absolute atomic E-state index is 12.2. The molecule has 1 aliphatic heterocycles. The molecule has 3 nitrogen and oxygen atoms in total. The Hall–Kier alpha value is -0.570. The van der Waals surface area contributed by atoms with Crippen molar-refractivity contribution in [2.75, 3.05) is 26.7 Å². The average molecular weight is 240 g/mol. The standard InChI is InChI=1S/C14H28N2O/c1-11(2)8-13-6-5-7-16(10-13)14(17)12(3)9-15-4/h11-13,15H,5-10H2,1-4H3. The average Bonchev–Trinajstić information content (AvgIpc) is 2.28. The monoisotopic (exact) mass is 240 g/mol. The fourth-order valence-corrected chi connectivity index (χ4v) is 2.83. The lowest BCUT2D eigenvalue weighted by atomic mass is 9.89. The number of hydrogen-bond donors (Lipinski definition) is 1. The SMILES string of the molecule is CNCC(C)C(=O)N1CCCC(CC(C)C)C1. The van der Waals surface area contributed by atoms with Crippen molar-refractivity contribution >= 4 is 5.91 Å². The van der Waals surface area contributed by atoms with Crippen LogP contribution in [0.15, 0.2) is 0 Å². The van der Waals surface area contributed by atoms with E-state index in [4.69, 9.17) is 0 Å². The van der Waals surface area contributed by atoms with Crippen molar-refractivity contribution in [1.29, 1.82) is 0 Å². The summed E-state index contributed by atoms with van der Waals surface area (Å²) in [4.78, 5) is 14.3.